The molecular formula is C22H36N4O2. The lowest BCUT2D eigenvalue weighted by atomic mass is 9.74. The maximum Gasteiger partial charge on any atom is 0.225 e. The third-order valence-corrected chi connectivity index (χ3v) is 6.04. The van der Waals surface area contributed by atoms with Crippen molar-refractivity contribution in [2.45, 2.75) is 85.5 Å². The topological polar surface area (TPSA) is 67.4 Å². The SMILES string of the molecule is CCC(CC)C(=O)NC1CC(C)(C)Cc2nc(N3CC(C)OC(C)C3)ncc21. The predicted octanol–water partition coefficient (Wildman–Crippen LogP) is 3.66. The van der Waals surface area contributed by atoms with Gasteiger partial charge in [-0.15, -0.1) is 0 Å². The molecule has 1 aromatic rings. The first-order valence-electron chi connectivity index (χ1n) is 10.8. The molecule has 1 saturated heterocycles. The van der Waals surface area contributed by atoms with Crippen molar-refractivity contribution >= 4 is 11.9 Å². The number of anilines is 1. The number of hydrogen-bond donors (Lipinski definition) is 1. The zero-order chi connectivity index (χ0) is 20.5. The standard InChI is InChI=1S/C22H36N4O2/c1-7-16(8-2)20(27)24-18-9-22(5,6)10-19-17(18)11-23-21(25-19)26-12-14(3)28-15(4)13-26/h11,14-16,18H,7-10,12-13H2,1-6H3,(H,24,27). The van der Waals surface area contributed by atoms with E-state index < -0.39 is 0 Å². The molecule has 0 aromatic carbocycles. The Bertz CT molecular complexity index is 692. The van der Waals surface area contributed by atoms with Crippen LogP contribution in [0.25, 0.3) is 0 Å². The zero-order valence-corrected chi connectivity index (χ0v) is 18.3. The van der Waals surface area contributed by atoms with Gasteiger partial charge in [0.15, 0.2) is 0 Å². The van der Waals surface area contributed by atoms with Gasteiger partial charge in [-0.3, -0.25) is 4.79 Å². The van der Waals surface area contributed by atoms with Gasteiger partial charge < -0.3 is 15.0 Å². The van der Waals surface area contributed by atoms with Gasteiger partial charge in [0.2, 0.25) is 11.9 Å². The summed E-state index contributed by atoms with van der Waals surface area (Å²) in [7, 11) is 0. The van der Waals surface area contributed by atoms with E-state index in [0.29, 0.717) is 0 Å². The fourth-order valence-electron chi connectivity index (χ4n) is 4.61. The molecule has 0 spiro atoms. The van der Waals surface area contributed by atoms with Gasteiger partial charge in [-0.05, 0) is 44.9 Å². The van der Waals surface area contributed by atoms with Crippen LogP contribution in [0.3, 0.4) is 0 Å². The maximum absolute atomic E-state index is 12.7. The van der Waals surface area contributed by atoms with Crippen LogP contribution in [0.2, 0.25) is 0 Å². The summed E-state index contributed by atoms with van der Waals surface area (Å²) in [5.41, 5.74) is 2.25. The highest BCUT2D eigenvalue weighted by atomic mass is 16.5. The minimum Gasteiger partial charge on any atom is -0.372 e. The highest BCUT2D eigenvalue weighted by Crippen LogP contribution is 2.40. The summed E-state index contributed by atoms with van der Waals surface area (Å²) in [6, 6.07) is -0.0107. The Balaban J connectivity index is 1.85. The first-order valence-corrected chi connectivity index (χ1v) is 10.8. The maximum atomic E-state index is 12.7. The average molecular weight is 389 g/mol. The smallest absolute Gasteiger partial charge is 0.225 e. The molecule has 156 valence electrons. The number of ether oxygens (including phenoxy) is 1. The van der Waals surface area contributed by atoms with Crippen molar-refractivity contribution in [1.29, 1.82) is 0 Å². The molecule has 3 unspecified atom stereocenters. The van der Waals surface area contributed by atoms with E-state index >= 15 is 0 Å². The lowest BCUT2D eigenvalue weighted by molar-refractivity contribution is -0.126. The molecule has 6 nitrogen and oxygen atoms in total. The highest BCUT2D eigenvalue weighted by Gasteiger charge is 2.36. The molecule has 28 heavy (non-hydrogen) atoms. The number of hydrogen-bond acceptors (Lipinski definition) is 5. The van der Waals surface area contributed by atoms with E-state index in [4.69, 9.17) is 9.72 Å². The number of nitrogens with zero attached hydrogens (tertiary/aromatic N) is 3. The third kappa shape index (κ3) is 4.65. The second-order valence-electron chi connectivity index (χ2n) is 9.35. The normalized spacial score (nSPS) is 26.8. The summed E-state index contributed by atoms with van der Waals surface area (Å²) < 4.78 is 5.84. The summed E-state index contributed by atoms with van der Waals surface area (Å²) >= 11 is 0. The Morgan fingerprint density at radius 3 is 2.54 bits per heavy atom. The van der Waals surface area contributed by atoms with E-state index in [-0.39, 0.29) is 35.5 Å². The van der Waals surface area contributed by atoms with E-state index in [1.807, 2.05) is 6.20 Å². The molecule has 1 fully saturated rings. The van der Waals surface area contributed by atoms with Crippen molar-refractivity contribution in [3.8, 4) is 0 Å². The first kappa shape index (κ1) is 21.0. The van der Waals surface area contributed by atoms with Gasteiger partial charge in [-0.2, -0.15) is 0 Å². The number of nitrogens with one attached hydrogen (secondary N) is 1. The number of carbonyl (C=O) groups is 1. The quantitative estimate of drug-likeness (QED) is 0.834. The molecule has 2 aliphatic rings. The molecule has 0 saturated carbocycles. The number of rotatable bonds is 5. The van der Waals surface area contributed by atoms with Gasteiger partial charge in [-0.25, -0.2) is 9.97 Å². The Morgan fingerprint density at radius 2 is 1.93 bits per heavy atom. The van der Waals surface area contributed by atoms with Crippen LogP contribution in [-0.2, 0) is 16.0 Å². The molecule has 3 rings (SSSR count). The Hall–Kier alpha value is -1.69. The van der Waals surface area contributed by atoms with E-state index in [2.05, 4.69) is 56.7 Å². The molecule has 1 aliphatic heterocycles. The largest absolute Gasteiger partial charge is 0.372 e. The molecule has 1 aliphatic carbocycles. The Labute approximate surface area is 169 Å². The van der Waals surface area contributed by atoms with Gasteiger partial charge in [0, 0.05) is 30.8 Å². The van der Waals surface area contributed by atoms with E-state index in [9.17, 15) is 4.79 Å². The van der Waals surface area contributed by atoms with Crippen LogP contribution in [0, 0.1) is 11.3 Å². The van der Waals surface area contributed by atoms with Crippen LogP contribution >= 0.6 is 0 Å². The van der Waals surface area contributed by atoms with Gasteiger partial charge in [0.25, 0.3) is 0 Å². The molecule has 1 N–H and O–H groups in total. The van der Waals surface area contributed by atoms with Gasteiger partial charge >= 0.3 is 0 Å². The van der Waals surface area contributed by atoms with Crippen molar-refractivity contribution < 1.29 is 9.53 Å². The van der Waals surface area contributed by atoms with E-state index in [0.717, 1.165) is 56.0 Å². The summed E-state index contributed by atoms with van der Waals surface area (Å²) in [6.07, 6.45) is 5.85. The van der Waals surface area contributed by atoms with Gasteiger partial charge in [0.05, 0.1) is 23.9 Å². The minimum atomic E-state index is -0.0107. The highest BCUT2D eigenvalue weighted by molar-refractivity contribution is 5.79. The predicted molar refractivity (Wildman–Crippen MR) is 111 cm³/mol. The summed E-state index contributed by atoms with van der Waals surface area (Å²) in [6.45, 7) is 14.5. The van der Waals surface area contributed by atoms with Gasteiger partial charge in [0.1, 0.15) is 0 Å². The van der Waals surface area contributed by atoms with Crippen LogP contribution in [0.1, 0.15) is 78.1 Å². The Kier molecular flexibility index (Phi) is 6.28. The van der Waals surface area contributed by atoms with Gasteiger partial charge in [-0.1, -0.05) is 27.7 Å². The number of amides is 1. The number of morpholine rings is 1. The molecule has 6 heteroatoms. The number of carbonyl (C=O) groups excluding carboxylic acids is 1. The monoisotopic (exact) mass is 388 g/mol. The summed E-state index contributed by atoms with van der Waals surface area (Å²) in [5.74, 6) is 1.01. The van der Waals surface area contributed by atoms with Crippen molar-refractivity contribution in [3.05, 3.63) is 17.5 Å². The van der Waals surface area contributed by atoms with Crippen molar-refractivity contribution in [1.82, 2.24) is 15.3 Å². The fraction of sp³-hybridized carbons (Fsp3) is 0.773. The molecule has 1 amide bonds. The van der Waals surface area contributed by atoms with Crippen molar-refractivity contribution in [2.75, 3.05) is 18.0 Å². The van der Waals surface area contributed by atoms with E-state index in [1.54, 1.807) is 0 Å². The second kappa shape index (κ2) is 8.36. The lowest BCUT2D eigenvalue weighted by Crippen LogP contribution is -2.46. The summed E-state index contributed by atoms with van der Waals surface area (Å²) in [4.78, 5) is 24.6. The van der Waals surface area contributed by atoms with Crippen molar-refractivity contribution in [2.24, 2.45) is 11.3 Å². The molecular weight excluding hydrogens is 352 g/mol. The number of fused-ring (bicyclic) bond motifs is 1. The lowest BCUT2D eigenvalue weighted by Gasteiger charge is -2.39. The zero-order valence-electron chi connectivity index (χ0n) is 18.3. The van der Waals surface area contributed by atoms with Crippen LogP contribution in [0.5, 0.6) is 0 Å². The van der Waals surface area contributed by atoms with Crippen LogP contribution in [-0.4, -0.2) is 41.2 Å². The van der Waals surface area contributed by atoms with E-state index in [1.165, 1.54) is 0 Å². The molecule has 0 radical (unpaired) electrons. The molecule has 1 aromatic heterocycles. The average Bonchev–Trinajstić information content (AvgIpc) is 2.60. The molecule has 0 bridgehead atoms. The molecule has 3 atom stereocenters. The molecule has 2 heterocycles. The van der Waals surface area contributed by atoms with Crippen LogP contribution in [0.15, 0.2) is 6.20 Å². The minimum absolute atomic E-state index is 0.0107. The fourth-order valence-corrected chi connectivity index (χ4v) is 4.61. The van der Waals surface area contributed by atoms with Crippen molar-refractivity contribution in [3.63, 3.8) is 0 Å². The van der Waals surface area contributed by atoms with Crippen LogP contribution < -0.4 is 10.2 Å². The van der Waals surface area contributed by atoms with Crippen LogP contribution in [0.4, 0.5) is 5.95 Å². The Morgan fingerprint density at radius 1 is 1.29 bits per heavy atom. The second-order valence-corrected chi connectivity index (χ2v) is 9.35. The third-order valence-electron chi connectivity index (χ3n) is 6.04. The summed E-state index contributed by atoms with van der Waals surface area (Å²) in [5, 5.41) is 3.29. The number of aromatic nitrogens is 2. The first-order chi connectivity index (χ1) is 13.2.